The molecule has 0 aliphatic rings. The molecule has 0 radical (unpaired) electrons. The van der Waals surface area contributed by atoms with Crippen molar-refractivity contribution in [1.29, 1.82) is 0 Å². The molecule has 0 fully saturated rings. The molecular formula is C18H18N2O. The maximum atomic E-state index is 12.7. The van der Waals surface area contributed by atoms with Crippen LogP contribution in [0.5, 0.6) is 0 Å². The Kier molecular flexibility index (Phi) is 3.57. The molecular weight excluding hydrogens is 260 g/mol. The highest BCUT2D eigenvalue weighted by Gasteiger charge is 2.19. The summed E-state index contributed by atoms with van der Waals surface area (Å²) in [5, 5.41) is 0. The average Bonchev–Trinajstić information content (AvgIpc) is 2.54. The van der Waals surface area contributed by atoms with Crippen LogP contribution in [0.4, 0.5) is 0 Å². The third-order valence-electron chi connectivity index (χ3n) is 3.95. The highest BCUT2D eigenvalue weighted by atomic mass is 16.1. The molecule has 3 heteroatoms. The van der Waals surface area contributed by atoms with E-state index >= 15 is 0 Å². The Morgan fingerprint density at radius 3 is 2.43 bits per heavy atom. The molecule has 0 spiro atoms. The Morgan fingerprint density at radius 2 is 1.71 bits per heavy atom. The van der Waals surface area contributed by atoms with Crippen molar-refractivity contribution in [2.24, 2.45) is 7.05 Å². The minimum atomic E-state index is -0.00981. The van der Waals surface area contributed by atoms with E-state index in [2.05, 4.69) is 24.0 Å². The molecule has 0 saturated carbocycles. The zero-order chi connectivity index (χ0) is 14.8. The van der Waals surface area contributed by atoms with E-state index in [-0.39, 0.29) is 11.5 Å². The third-order valence-corrected chi connectivity index (χ3v) is 3.95. The topological polar surface area (TPSA) is 34.9 Å². The minimum Gasteiger partial charge on any atom is -0.308 e. The fourth-order valence-electron chi connectivity index (χ4n) is 2.80. The SMILES string of the molecule is CCC(c1ccccc1)c1nc2ccccc2n(C)c1=O. The highest BCUT2D eigenvalue weighted by Crippen LogP contribution is 2.25. The molecule has 1 heterocycles. The van der Waals surface area contributed by atoms with E-state index in [1.807, 2.05) is 49.5 Å². The standard InChI is InChI=1S/C18H18N2O/c1-3-14(13-9-5-4-6-10-13)17-18(21)20(2)16-12-8-7-11-15(16)19-17/h4-12,14H,3H2,1-2H3. The van der Waals surface area contributed by atoms with Gasteiger partial charge in [-0.05, 0) is 24.1 Å². The maximum absolute atomic E-state index is 12.7. The van der Waals surface area contributed by atoms with Gasteiger partial charge in [-0.25, -0.2) is 4.98 Å². The van der Waals surface area contributed by atoms with Gasteiger partial charge in [0.2, 0.25) is 0 Å². The summed E-state index contributed by atoms with van der Waals surface area (Å²) < 4.78 is 1.70. The molecule has 0 N–H and O–H groups in total. The first-order valence-electron chi connectivity index (χ1n) is 7.23. The number of benzene rings is 2. The van der Waals surface area contributed by atoms with E-state index < -0.39 is 0 Å². The van der Waals surface area contributed by atoms with Crippen molar-refractivity contribution in [1.82, 2.24) is 9.55 Å². The third kappa shape index (κ3) is 2.35. The predicted molar refractivity (Wildman–Crippen MR) is 85.6 cm³/mol. The van der Waals surface area contributed by atoms with Crippen molar-refractivity contribution in [2.45, 2.75) is 19.3 Å². The highest BCUT2D eigenvalue weighted by molar-refractivity contribution is 5.74. The summed E-state index contributed by atoms with van der Waals surface area (Å²) in [4.78, 5) is 17.3. The van der Waals surface area contributed by atoms with Crippen LogP contribution < -0.4 is 5.56 Å². The Bertz CT molecular complexity index is 821. The van der Waals surface area contributed by atoms with E-state index in [4.69, 9.17) is 0 Å². The van der Waals surface area contributed by atoms with Gasteiger partial charge in [0, 0.05) is 13.0 Å². The fourth-order valence-corrected chi connectivity index (χ4v) is 2.80. The summed E-state index contributed by atoms with van der Waals surface area (Å²) in [5.74, 6) is 0.0366. The molecule has 3 nitrogen and oxygen atoms in total. The Morgan fingerprint density at radius 1 is 1.05 bits per heavy atom. The summed E-state index contributed by atoms with van der Waals surface area (Å²) in [6.45, 7) is 2.09. The number of rotatable bonds is 3. The van der Waals surface area contributed by atoms with Gasteiger partial charge in [-0.15, -0.1) is 0 Å². The normalized spacial score (nSPS) is 12.5. The predicted octanol–water partition coefficient (Wildman–Crippen LogP) is 3.48. The first-order valence-corrected chi connectivity index (χ1v) is 7.23. The molecule has 1 aromatic heterocycles. The van der Waals surface area contributed by atoms with Crippen LogP contribution in [-0.2, 0) is 7.05 Å². The molecule has 0 aliphatic heterocycles. The Balaban J connectivity index is 2.24. The van der Waals surface area contributed by atoms with Crippen molar-refractivity contribution >= 4 is 11.0 Å². The molecule has 106 valence electrons. The van der Waals surface area contributed by atoms with Crippen LogP contribution in [0.2, 0.25) is 0 Å². The molecule has 3 aromatic rings. The monoisotopic (exact) mass is 278 g/mol. The van der Waals surface area contributed by atoms with Gasteiger partial charge in [0.15, 0.2) is 0 Å². The molecule has 0 amide bonds. The fraction of sp³-hybridized carbons (Fsp3) is 0.222. The van der Waals surface area contributed by atoms with Crippen molar-refractivity contribution in [2.75, 3.05) is 0 Å². The number of nitrogens with zero attached hydrogens (tertiary/aromatic N) is 2. The van der Waals surface area contributed by atoms with Crippen molar-refractivity contribution in [3.05, 3.63) is 76.2 Å². The molecule has 0 saturated heterocycles. The molecule has 1 unspecified atom stereocenters. The van der Waals surface area contributed by atoms with Gasteiger partial charge in [-0.2, -0.15) is 0 Å². The second-order valence-electron chi connectivity index (χ2n) is 5.22. The molecule has 0 bridgehead atoms. The Labute approximate surface area is 123 Å². The van der Waals surface area contributed by atoms with Crippen LogP contribution in [0.15, 0.2) is 59.4 Å². The van der Waals surface area contributed by atoms with E-state index in [1.165, 1.54) is 0 Å². The quantitative estimate of drug-likeness (QED) is 0.735. The number of aryl methyl sites for hydroxylation is 1. The zero-order valence-corrected chi connectivity index (χ0v) is 12.3. The zero-order valence-electron chi connectivity index (χ0n) is 12.3. The summed E-state index contributed by atoms with van der Waals surface area (Å²) in [5.41, 5.74) is 3.49. The average molecular weight is 278 g/mol. The van der Waals surface area contributed by atoms with E-state index in [0.29, 0.717) is 5.69 Å². The Hall–Kier alpha value is -2.42. The van der Waals surface area contributed by atoms with Crippen LogP contribution in [0, 0.1) is 0 Å². The first kappa shape index (κ1) is 13.6. The van der Waals surface area contributed by atoms with Crippen molar-refractivity contribution < 1.29 is 0 Å². The summed E-state index contributed by atoms with van der Waals surface area (Å²) in [6, 6.07) is 17.9. The molecule has 1 atom stereocenters. The van der Waals surface area contributed by atoms with Crippen LogP contribution in [0.1, 0.15) is 30.5 Å². The lowest BCUT2D eigenvalue weighted by Gasteiger charge is -2.16. The van der Waals surface area contributed by atoms with Crippen LogP contribution >= 0.6 is 0 Å². The first-order chi connectivity index (χ1) is 10.2. The molecule has 3 rings (SSSR count). The summed E-state index contributed by atoms with van der Waals surface area (Å²) in [6.07, 6.45) is 0.852. The van der Waals surface area contributed by atoms with Gasteiger partial charge in [0.25, 0.3) is 5.56 Å². The van der Waals surface area contributed by atoms with Crippen LogP contribution in [0.3, 0.4) is 0 Å². The van der Waals surface area contributed by atoms with E-state index in [1.54, 1.807) is 4.57 Å². The smallest absolute Gasteiger partial charge is 0.273 e. The van der Waals surface area contributed by atoms with E-state index in [9.17, 15) is 4.79 Å². The minimum absolute atomic E-state index is 0.00981. The number of hydrogen-bond donors (Lipinski definition) is 0. The second-order valence-corrected chi connectivity index (χ2v) is 5.22. The lowest BCUT2D eigenvalue weighted by molar-refractivity contribution is 0.718. The van der Waals surface area contributed by atoms with Gasteiger partial charge in [-0.1, -0.05) is 49.4 Å². The molecule has 0 aliphatic carbocycles. The number of fused-ring (bicyclic) bond motifs is 1. The van der Waals surface area contributed by atoms with Crippen molar-refractivity contribution in [3.8, 4) is 0 Å². The lowest BCUT2D eigenvalue weighted by atomic mass is 9.93. The largest absolute Gasteiger partial charge is 0.308 e. The van der Waals surface area contributed by atoms with Crippen molar-refractivity contribution in [3.63, 3.8) is 0 Å². The maximum Gasteiger partial charge on any atom is 0.273 e. The van der Waals surface area contributed by atoms with E-state index in [0.717, 1.165) is 23.0 Å². The van der Waals surface area contributed by atoms with Gasteiger partial charge in [0.05, 0.1) is 11.0 Å². The molecule has 2 aromatic carbocycles. The second kappa shape index (κ2) is 5.52. The lowest BCUT2D eigenvalue weighted by Crippen LogP contribution is -2.25. The van der Waals surface area contributed by atoms with Gasteiger partial charge >= 0.3 is 0 Å². The van der Waals surface area contributed by atoms with Gasteiger partial charge < -0.3 is 4.57 Å². The number of aromatic nitrogens is 2. The van der Waals surface area contributed by atoms with Gasteiger partial charge in [-0.3, -0.25) is 4.79 Å². The van der Waals surface area contributed by atoms with Crippen LogP contribution in [0.25, 0.3) is 11.0 Å². The summed E-state index contributed by atoms with van der Waals surface area (Å²) in [7, 11) is 1.81. The summed E-state index contributed by atoms with van der Waals surface area (Å²) >= 11 is 0. The molecule has 21 heavy (non-hydrogen) atoms. The van der Waals surface area contributed by atoms with Crippen LogP contribution in [-0.4, -0.2) is 9.55 Å². The number of para-hydroxylation sites is 2. The van der Waals surface area contributed by atoms with Gasteiger partial charge in [0.1, 0.15) is 5.69 Å². The number of hydrogen-bond acceptors (Lipinski definition) is 2.